The van der Waals surface area contributed by atoms with E-state index in [1.807, 2.05) is 58.0 Å². The van der Waals surface area contributed by atoms with Crippen LogP contribution in [0.4, 0.5) is 5.69 Å². The Balaban J connectivity index is 2.06. The van der Waals surface area contributed by atoms with Crippen LogP contribution in [0, 0.1) is 13.8 Å². The van der Waals surface area contributed by atoms with Gasteiger partial charge in [0, 0.05) is 17.1 Å². The molecule has 3 aromatic carbocycles. The number of aryl methyl sites for hydroxylation is 1. The molecular formula is C29H34BrN3O4S. The van der Waals surface area contributed by atoms with Gasteiger partial charge in [-0.2, -0.15) is 0 Å². The van der Waals surface area contributed by atoms with Gasteiger partial charge in [0.05, 0.1) is 10.6 Å². The monoisotopic (exact) mass is 599 g/mol. The minimum atomic E-state index is -4.09. The highest BCUT2D eigenvalue weighted by Crippen LogP contribution is 2.29. The fraction of sp³-hybridized carbons (Fsp3) is 0.310. The number of halogens is 1. The summed E-state index contributed by atoms with van der Waals surface area (Å²) in [6.45, 7) is 8.76. The van der Waals surface area contributed by atoms with Crippen molar-refractivity contribution in [2.75, 3.05) is 10.8 Å². The Bertz CT molecular complexity index is 1380. The van der Waals surface area contributed by atoms with Crippen molar-refractivity contribution in [1.82, 2.24) is 10.2 Å². The molecule has 0 aliphatic rings. The average Bonchev–Trinajstić information content (AvgIpc) is 2.88. The Morgan fingerprint density at radius 2 is 1.53 bits per heavy atom. The van der Waals surface area contributed by atoms with Gasteiger partial charge in [-0.05, 0) is 81.6 Å². The van der Waals surface area contributed by atoms with Crippen molar-refractivity contribution >= 4 is 43.5 Å². The third-order valence-electron chi connectivity index (χ3n) is 6.32. The molecule has 2 amide bonds. The van der Waals surface area contributed by atoms with E-state index in [-0.39, 0.29) is 23.4 Å². The van der Waals surface area contributed by atoms with Gasteiger partial charge in [-0.1, -0.05) is 58.4 Å². The number of benzene rings is 3. The zero-order chi connectivity index (χ0) is 28.0. The van der Waals surface area contributed by atoms with E-state index in [0.29, 0.717) is 5.69 Å². The lowest BCUT2D eigenvalue weighted by Crippen LogP contribution is -2.52. The van der Waals surface area contributed by atoms with E-state index in [1.165, 1.54) is 17.0 Å². The van der Waals surface area contributed by atoms with Crippen molar-refractivity contribution < 1.29 is 18.0 Å². The Morgan fingerprint density at radius 1 is 0.895 bits per heavy atom. The third-order valence-corrected chi connectivity index (χ3v) is 8.62. The summed E-state index contributed by atoms with van der Waals surface area (Å²) in [5.41, 5.74) is 2.89. The lowest BCUT2D eigenvalue weighted by atomic mass is 10.1. The molecule has 0 bridgehead atoms. The molecule has 0 heterocycles. The van der Waals surface area contributed by atoms with Crippen LogP contribution in [0.1, 0.15) is 37.5 Å². The van der Waals surface area contributed by atoms with Crippen LogP contribution in [0.2, 0.25) is 0 Å². The smallest absolute Gasteiger partial charge is 0.264 e. The van der Waals surface area contributed by atoms with Crippen LogP contribution in [0.15, 0.2) is 82.2 Å². The van der Waals surface area contributed by atoms with Crippen LogP contribution in [0.5, 0.6) is 0 Å². The maximum atomic E-state index is 13.9. The molecule has 1 unspecified atom stereocenters. The number of amides is 2. The quantitative estimate of drug-likeness (QED) is 0.347. The molecule has 3 aromatic rings. The first-order valence-electron chi connectivity index (χ1n) is 12.4. The molecule has 0 saturated carbocycles. The van der Waals surface area contributed by atoms with Crippen LogP contribution < -0.4 is 9.62 Å². The van der Waals surface area contributed by atoms with E-state index in [4.69, 9.17) is 0 Å². The maximum absolute atomic E-state index is 13.9. The number of nitrogens with zero attached hydrogens (tertiary/aromatic N) is 2. The minimum absolute atomic E-state index is 0.0822. The molecule has 0 radical (unpaired) electrons. The number of hydrogen-bond acceptors (Lipinski definition) is 4. The number of rotatable bonds is 10. The first-order valence-corrected chi connectivity index (χ1v) is 14.6. The molecule has 7 nitrogen and oxygen atoms in total. The second-order valence-electron chi connectivity index (χ2n) is 9.53. The molecule has 0 spiro atoms. The van der Waals surface area contributed by atoms with Gasteiger partial charge < -0.3 is 10.2 Å². The molecule has 202 valence electrons. The number of sulfonamides is 1. The van der Waals surface area contributed by atoms with E-state index in [0.717, 1.165) is 25.5 Å². The number of anilines is 1. The first kappa shape index (κ1) is 29.4. The van der Waals surface area contributed by atoms with Crippen molar-refractivity contribution in [3.63, 3.8) is 0 Å². The molecule has 38 heavy (non-hydrogen) atoms. The summed E-state index contributed by atoms with van der Waals surface area (Å²) in [7, 11) is -4.09. The predicted octanol–water partition coefficient (Wildman–Crippen LogP) is 5.20. The highest BCUT2D eigenvalue weighted by Gasteiger charge is 2.33. The second kappa shape index (κ2) is 12.6. The fourth-order valence-corrected chi connectivity index (χ4v) is 5.77. The van der Waals surface area contributed by atoms with Crippen LogP contribution >= 0.6 is 15.9 Å². The zero-order valence-electron chi connectivity index (χ0n) is 22.3. The van der Waals surface area contributed by atoms with Crippen LogP contribution in [0.25, 0.3) is 0 Å². The summed E-state index contributed by atoms with van der Waals surface area (Å²) in [4.78, 5) is 28.4. The average molecular weight is 601 g/mol. The van der Waals surface area contributed by atoms with E-state index >= 15 is 0 Å². The topological polar surface area (TPSA) is 86.8 Å². The summed E-state index contributed by atoms with van der Waals surface area (Å²) in [5, 5.41) is 2.86. The standard InChI is InChI=1S/C29H34BrN3O4S/c1-20(2)31-29(35)23(5)32(18-24-14-16-25(30)17-15-24)28(34)19-33(27-13-9-10-21(3)22(27)4)38(36,37)26-11-7-6-8-12-26/h6-17,20,23H,18-19H2,1-5H3,(H,31,35). The van der Waals surface area contributed by atoms with E-state index < -0.39 is 28.5 Å². The van der Waals surface area contributed by atoms with Crippen molar-refractivity contribution in [1.29, 1.82) is 0 Å². The van der Waals surface area contributed by atoms with Gasteiger partial charge in [0.1, 0.15) is 12.6 Å². The molecule has 0 aromatic heterocycles. The first-order chi connectivity index (χ1) is 17.9. The molecule has 0 saturated heterocycles. The Kier molecular flexibility index (Phi) is 9.73. The lowest BCUT2D eigenvalue weighted by molar-refractivity contribution is -0.139. The van der Waals surface area contributed by atoms with Crippen molar-refractivity contribution in [2.24, 2.45) is 0 Å². The van der Waals surface area contributed by atoms with Gasteiger partial charge in [0.15, 0.2) is 0 Å². The van der Waals surface area contributed by atoms with E-state index in [2.05, 4.69) is 21.2 Å². The summed E-state index contributed by atoms with van der Waals surface area (Å²) in [6, 6.07) is 19.9. The number of nitrogens with one attached hydrogen (secondary N) is 1. The molecule has 0 fully saturated rings. The largest absolute Gasteiger partial charge is 0.352 e. The summed E-state index contributed by atoms with van der Waals surface area (Å²) in [6.07, 6.45) is 0. The van der Waals surface area contributed by atoms with Crippen molar-refractivity contribution in [3.05, 3.63) is 94.0 Å². The molecule has 0 aliphatic carbocycles. The SMILES string of the molecule is Cc1cccc(N(CC(=O)N(Cc2ccc(Br)cc2)C(C)C(=O)NC(C)C)S(=O)(=O)c2ccccc2)c1C. The molecular weight excluding hydrogens is 566 g/mol. The Hall–Kier alpha value is -3.17. The summed E-state index contributed by atoms with van der Waals surface area (Å²) in [5.74, 6) is -0.797. The molecule has 1 N–H and O–H groups in total. The Morgan fingerprint density at radius 3 is 2.13 bits per heavy atom. The molecule has 1 atom stereocenters. The maximum Gasteiger partial charge on any atom is 0.264 e. The normalized spacial score (nSPS) is 12.2. The molecule has 9 heteroatoms. The van der Waals surface area contributed by atoms with Gasteiger partial charge in [-0.25, -0.2) is 8.42 Å². The number of carbonyl (C=O) groups is 2. The van der Waals surface area contributed by atoms with E-state index in [1.54, 1.807) is 37.3 Å². The minimum Gasteiger partial charge on any atom is -0.352 e. The second-order valence-corrected chi connectivity index (χ2v) is 12.3. The third kappa shape index (κ3) is 7.02. The van der Waals surface area contributed by atoms with Crippen molar-refractivity contribution in [2.45, 2.75) is 58.1 Å². The number of hydrogen-bond donors (Lipinski definition) is 1. The molecule has 3 rings (SSSR count). The predicted molar refractivity (Wildman–Crippen MR) is 154 cm³/mol. The van der Waals surface area contributed by atoms with Gasteiger partial charge >= 0.3 is 0 Å². The summed E-state index contributed by atoms with van der Waals surface area (Å²) < 4.78 is 29.8. The summed E-state index contributed by atoms with van der Waals surface area (Å²) >= 11 is 3.42. The van der Waals surface area contributed by atoms with Crippen LogP contribution in [-0.4, -0.2) is 43.8 Å². The van der Waals surface area contributed by atoms with Crippen LogP contribution in [-0.2, 0) is 26.2 Å². The van der Waals surface area contributed by atoms with Crippen LogP contribution in [0.3, 0.4) is 0 Å². The fourth-order valence-electron chi connectivity index (χ4n) is 4.01. The highest BCUT2D eigenvalue weighted by atomic mass is 79.9. The van der Waals surface area contributed by atoms with Gasteiger partial charge in [0.25, 0.3) is 10.0 Å². The Labute approximate surface area is 234 Å². The molecule has 0 aliphatic heterocycles. The van der Waals surface area contributed by atoms with Crippen molar-refractivity contribution in [3.8, 4) is 0 Å². The van der Waals surface area contributed by atoms with Gasteiger partial charge in [-0.3, -0.25) is 13.9 Å². The highest BCUT2D eigenvalue weighted by molar-refractivity contribution is 9.10. The zero-order valence-corrected chi connectivity index (χ0v) is 24.7. The number of carbonyl (C=O) groups excluding carboxylic acids is 2. The van der Waals surface area contributed by atoms with E-state index in [9.17, 15) is 18.0 Å². The lowest BCUT2D eigenvalue weighted by Gasteiger charge is -2.33. The van der Waals surface area contributed by atoms with Gasteiger partial charge in [-0.15, -0.1) is 0 Å². The van der Waals surface area contributed by atoms with Gasteiger partial charge in [0.2, 0.25) is 11.8 Å².